The van der Waals surface area contributed by atoms with Crippen molar-refractivity contribution in [2.24, 2.45) is 0 Å². The third-order valence-electron chi connectivity index (χ3n) is 12.8. The van der Waals surface area contributed by atoms with Crippen LogP contribution in [0.25, 0.3) is 116 Å². The quantitative estimate of drug-likeness (QED) is 0.118. The molecule has 0 saturated carbocycles. The maximum atomic E-state index is 6.80. The number of ether oxygens (including phenoxy) is 1. The molecule has 14 aromatic rings. The molecule has 68 heavy (non-hydrogen) atoms. The van der Waals surface area contributed by atoms with Crippen LogP contribution in [-0.4, -0.2) is 14.1 Å². The van der Waals surface area contributed by atoms with Gasteiger partial charge in [0.15, 0.2) is 5.58 Å². The summed E-state index contributed by atoms with van der Waals surface area (Å²) in [4.78, 5) is 4.84. The molecule has 0 bridgehead atoms. The molecule has 0 unspecified atom stereocenters. The molecule has 0 spiro atoms. The Bertz CT molecular complexity index is 4190. The van der Waals surface area contributed by atoms with Gasteiger partial charge in [0.1, 0.15) is 22.6 Å². The smallest absolute Gasteiger partial charge is 0.268 e. The van der Waals surface area contributed by atoms with Crippen LogP contribution in [0, 0.1) is 18.5 Å². The SMILES string of the molecule is [Pt].[c-]1c(Oc2[c-]c3c(cc2)c2ccc4c5cc6c(cc5oc4c2n3-c2ccccn2)oc2ccccc26)cccc1-n1[c-][n+](-c2c(-c3ccccc3)cccc2-c2ccccc2)c2ccccc21. The summed E-state index contributed by atoms with van der Waals surface area (Å²) in [7, 11) is 0. The molecule has 324 valence electrons. The van der Waals surface area contributed by atoms with Gasteiger partial charge in [-0.25, -0.2) is 4.98 Å². The standard InChI is InChI=1S/C60H34N4O3.Pt/c1-3-15-38(16-4-1)43-22-14-23-44(39-17-5-2-6-18-39)58(43)63-37-62(51-24-8-9-25-52(51)63)40-19-13-20-41(33-40)65-42-28-29-45-47-30-31-48-50-35-49-46-21-7-10-26-54(46)66-55(49)36-56(50)67-60(48)59(47)64(53(45)34-42)57-27-11-12-32-61-57;/h1-32,35-36H;/q-2;. The van der Waals surface area contributed by atoms with E-state index in [9.17, 15) is 0 Å². The second kappa shape index (κ2) is 15.8. The molecule has 5 aromatic heterocycles. The molecule has 0 amide bonds. The predicted octanol–water partition coefficient (Wildman–Crippen LogP) is 14.7. The minimum Gasteiger partial charge on any atom is -0.510 e. The summed E-state index contributed by atoms with van der Waals surface area (Å²) < 4.78 is 26.1. The first-order valence-electron chi connectivity index (χ1n) is 22.2. The Hall–Kier alpha value is -8.51. The number of pyridine rings is 1. The summed E-state index contributed by atoms with van der Waals surface area (Å²) >= 11 is 0. The number of nitrogens with zero attached hydrogens (tertiary/aromatic N) is 4. The van der Waals surface area contributed by atoms with Gasteiger partial charge >= 0.3 is 0 Å². The average Bonchev–Trinajstić information content (AvgIpc) is 4.15. The summed E-state index contributed by atoms with van der Waals surface area (Å²) in [6.45, 7) is 0. The van der Waals surface area contributed by atoms with Crippen LogP contribution in [0.1, 0.15) is 0 Å². The summed E-state index contributed by atoms with van der Waals surface area (Å²) in [5, 5.41) is 6.18. The summed E-state index contributed by atoms with van der Waals surface area (Å²) in [6, 6.07) is 75.7. The zero-order valence-corrected chi connectivity index (χ0v) is 38.2. The first-order chi connectivity index (χ1) is 33.2. The summed E-state index contributed by atoms with van der Waals surface area (Å²) in [6.07, 6.45) is 5.56. The monoisotopic (exact) mass is 1050 g/mol. The van der Waals surface area contributed by atoms with Crippen molar-refractivity contribution in [2.75, 3.05) is 0 Å². The van der Waals surface area contributed by atoms with Crippen LogP contribution in [-0.2, 0) is 21.1 Å². The van der Waals surface area contributed by atoms with Gasteiger partial charge in [-0.2, -0.15) is 18.2 Å². The predicted molar refractivity (Wildman–Crippen MR) is 265 cm³/mol. The van der Waals surface area contributed by atoms with Gasteiger partial charge in [-0.1, -0.05) is 145 Å². The van der Waals surface area contributed by atoms with E-state index in [1.807, 2.05) is 66.7 Å². The van der Waals surface area contributed by atoms with E-state index in [2.05, 4.69) is 166 Å². The fourth-order valence-electron chi connectivity index (χ4n) is 9.86. The maximum absolute atomic E-state index is 6.80. The number of fused-ring (bicyclic) bond motifs is 11. The number of aromatic nitrogens is 4. The normalized spacial score (nSPS) is 11.7. The number of para-hydroxylation sites is 4. The molecule has 0 N–H and O–H groups in total. The van der Waals surface area contributed by atoms with Crippen LogP contribution in [0.3, 0.4) is 0 Å². The number of hydrogen-bond donors (Lipinski definition) is 0. The third-order valence-corrected chi connectivity index (χ3v) is 12.8. The minimum absolute atomic E-state index is 0. The fraction of sp³-hybridized carbons (Fsp3) is 0. The summed E-state index contributed by atoms with van der Waals surface area (Å²) in [5.41, 5.74) is 13.1. The van der Waals surface area contributed by atoms with Crippen molar-refractivity contribution in [1.82, 2.24) is 14.1 Å². The van der Waals surface area contributed by atoms with Crippen LogP contribution in [0.15, 0.2) is 215 Å². The van der Waals surface area contributed by atoms with Crippen molar-refractivity contribution in [3.8, 4) is 50.9 Å². The molecule has 0 aliphatic rings. The number of hydrogen-bond acceptors (Lipinski definition) is 4. The van der Waals surface area contributed by atoms with Crippen LogP contribution < -0.4 is 9.30 Å². The second-order valence-corrected chi connectivity index (χ2v) is 16.7. The van der Waals surface area contributed by atoms with Crippen molar-refractivity contribution < 1.29 is 39.2 Å². The Kier molecular flexibility index (Phi) is 9.27. The zero-order valence-electron chi connectivity index (χ0n) is 36.0. The number of furan rings is 2. The van der Waals surface area contributed by atoms with Crippen molar-refractivity contribution in [3.05, 3.63) is 225 Å². The molecular formula is C60H34N4O3Pt-2. The molecule has 0 radical (unpaired) electrons. The van der Waals surface area contributed by atoms with E-state index < -0.39 is 0 Å². The molecule has 14 rings (SSSR count). The minimum atomic E-state index is 0. The number of rotatable bonds is 7. The van der Waals surface area contributed by atoms with Gasteiger partial charge in [-0.3, -0.25) is 4.57 Å². The Morgan fingerprint density at radius 3 is 1.99 bits per heavy atom. The van der Waals surface area contributed by atoms with E-state index in [0.29, 0.717) is 11.5 Å². The molecule has 7 nitrogen and oxygen atoms in total. The molecule has 9 aromatic carbocycles. The van der Waals surface area contributed by atoms with E-state index >= 15 is 0 Å². The van der Waals surface area contributed by atoms with Gasteiger partial charge in [-0.15, -0.1) is 29.7 Å². The zero-order chi connectivity index (χ0) is 44.0. The molecule has 0 atom stereocenters. The van der Waals surface area contributed by atoms with E-state index in [1.165, 1.54) is 0 Å². The molecule has 8 heteroatoms. The first kappa shape index (κ1) is 39.8. The third kappa shape index (κ3) is 6.24. The van der Waals surface area contributed by atoms with Crippen LogP contribution >= 0.6 is 0 Å². The van der Waals surface area contributed by atoms with Gasteiger partial charge in [0.25, 0.3) is 6.33 Å². The second-order valence-electron chi connectivity index (χ2n) is 16.7. The molecule has 5 heterocycles. The Labute approximate surface area is 403 Å². The van der Waals surface area contributed by atoms with Gasteiger partial charge in [0.05, 0.1) is 22.2 Å². The van der Waals surface area contributed by atoms with Crippen LogP contribution in [0.4, 0.5) is 0 Å². The van der Waals surface area contributed by atoms with E-state index in [1.54, 1.807) is 6.20 Å². The van der Waals surface area contributed by atoms with Gasteiger partial charge in [0, 0.05) is 66.4 Å². The number of benzene rings is 9. The summed E-state index contributed by atoms with van der Waals surface area (Å²) in [5.74, 6) is 1.82. The molecular weight excluding hydrogens is 1020 g/mol. The number of imidazole rings is 1. The van der Waals surface area contributed by atoms with Crippen molar-refractivity contribution >= 4 is 76.7 Å². The largest absolute Gasteiger partial charge is 0.510 e. The van der Waals surface area contributed by atoms with E-state index in [0.717, 1.165) is 116 Å². The van der Waals surface area contributed by atoms with Gasteiger partial charge in [0.2, 0.25) is 0 Å². The van der Waals surface area contributed by atoms with Crippen LogP contribution in [0.5, 0.6) is 11.5 Å². The Balaban J connectivity index is 0.00000457. The van der Waals surface area contributed by atoms with E-state index in [4.69, 9.17) is 18.6 Å². The van der Waals surface area contributed by atoms with Crippen LogP contribution in [0.2, 0.25) is 0 Å². The van der Waals surface area contributed by atoms with Crippen molar-refractivity contribution in [2.45, 2.75) is 0 Å². The first-order valence-corrected chi connectivity index (χ1v) is 22.2. The fourth-order valence-corrected chi connectivity index (χ4v) is 9.86. The van der Waals surface area contributed by atoms with Crippen molar-refractivity contribution in [3.63, 3.8) is 0 Å². The molecule has 0 saturated heterocycles. The molecule has 0 aliphatic carbocycles. The topological polar surface area (TPSA) is 62.1 Å². The van der Waals surface area contributed by atoms with Gasteiger partial charge < -0.3 is 22.7 Å². The van der Waals surface area contributed by atoms with E-state index in [-0.39, 0.29) is 21.1 Å². The Morgan fingerprint density at radius 1 is 0.500 bits per heavy atom. The van der Waals surface area contributed by atoms with Crippen molar-refractivity contribution in [1.29, 1.82) is 0 Å². The maximum Gasteiger partial charge on any atom is 0.268 e. The van der Waals surface area contributed by atoms with Gasteiger partial charge in [-0.05, 0) is 57.6 Å². The molecule has 0 aliphatic heterocycles. The average molecular weight is 1050 g/mol. The Morgan fingerprint density at radius 2 is 1.18 bits per heavy atom. The molecule has 0 fully saturated rings.